The van der Waals surface area contributed by atoms with Gasteiger partial charge in [-0.2, -0.15) is 0 Å². The van der Waals surface area contributed by atoms with E-state index in [1.165, 1.54) is 0 Å². The Kier molecular flexibility index (Phi) is 5.85. The first-order chi connectivity index (χ1) is 10.1. The lowest BCUT2D eigenvalue weighted by Gasteiger charge is -2.37. The molecule has 0 atom stereocenters. The van der Waals surface area contributed by atoms with Gasteiger partial charge in [0.25, 0.3) is 0 Å². The smallest absolute Gasteiger partial charge is 0.120 e. The summed E-state index contributed by atoms with van der Waals surface area (Å²) in [5.74, 6) is 1.03. The van der Waals surface area contributed by atoms with Gasteiger partial charge < -0.3 is 19.8 Å². The van der Waals surface area contributed by atoms with Crippen LogP contribution >= 0.6 is 0 Å². The molecule has 5 nitrogen and oxygen atoms in total. The SMILES string of the molecule is COc1ccc(O)c(CN(CCO)C2CCN(C)CC2)c1. The number of piperidine rings is 1. The first-order valence-electron chi connectivity index (χ1n) is 7.53. The minimum atomic E-state index is 0.136. The molecule has 0 spiro atoms. The molecule has 0 bridgehead atoms. The summed E-state index contributed by atoms with van der Waals surface area (Å²) in [7, 11) is 3.76. The summed E-state index contributed by atoms with van der Waals surface area (Å²) < 4.78 is 5.23. The third kappa shape index (κ3) is 4.33. The summed E-state index contributed by atoms with van der Waals surface area (Å²) in [4.78, 5) is 4.60. The Labute approximate surface area is 126 Å². The molecule has 0 saturated carbocycles. The van der Waals surface area contributed by atoms with Crippen molar-refractivity contribution in [1.29, 1.82) is 0 Å². The molecular formula is C16H26N2O3. The van der Waals surface area contributed by atoms with Gasteiger partial charge in [-0.3, -0.25) is 4.90 Å². The van der Waals surface area contributed by atoms with Crippen LogP contribution in [0, 0.1) is 0 Å². The Bertz CT molecular complexity index is 445. The van der Waals surface area contributed by atoms with E-state index in [0.717, 1.165) is 37.2 Å². The number of benzene rings is 1. The number of hydrogen-bond acceptors (Lipinski definition) is 5. The lowest BCUT2D eigenvalue weighted by Crippen LogP contribution is -2.44. The van der Waals surface area contributed by atoms with Crippen LogP contribution in [-0.2, 0) is 6.54 Å². The van der Waals surface area contributed by atoms with E-state index in [1.807, 2.05) is 6.07 Å². The zero-order chi connectivity index (χ0) is 15.2. The highest BCUT2D eigenvalue weighted by Gasteiger charge is 2.23. The zero-order valence-electron chi connectivity index (χ0n) is 13.0. The van der Waals surface area contributed by atoms with Crippen LogP contribution in [0.25, 0.3) is 0 Å². The first kappa shape index (κ1) is 16.1. The van der Waals surface area contributed by atoms with Crippen molar-refractivity contribution in [2.45, 2.75) is 25.4 Å². The number of phenols is 1. The Morgan fingerprint density at radius 1 is 1.33 bits per heavy atom. The third-order valence-corrected chi connectivity index (χ3v) is 4.25. The van der Waals surface area contributed by atoms with Crippen LogP contribution in [0.4, 0.5) is 0 Å². The molecule has 0 unspecified atom stereocenters. The fourth-order valence-electron chi connectivity index (χ4n) is 2.91. The van der Waals surface area contributed by atoms with Crippen molar-refractivity contribution < 1.29 is 14.9 Å². The molecule has 118 valence electrons. The van der Waals surface area contributed by atoms with Gasteiger partial charge in [0, 0.05) is 24.7 Å². The molecule has 0 radical (unpaired) electrons. The molecule has 21 heavy (non-hydrogen) atoms. The van der Waals surface area contributed by atoms with Gasteiger partial charge in [0.2, 0.25) is 0 Å². The highest BCUT2D eigenvalue weighted by molar-refractivity contribution is 5.39. The lowest BCUT2D eigenvalue weighted by atomic mass is 10.0. The number of nitrogens with zero attached hydrogens (tertiary/aromatic N) is 2. The van der Waals surface area contributed by atoms with Crippen LogP contribution in [0.2, 0.25) is 0 Å². The molecule has 1 aliphatic heterocycles. The predicted molar refractivity (Wildman–Crippen MR) is 82.7 cm³/mol. The molecule has 1 heterocycles. The van der Waals surface area contributed by atoms with Crippen molar-refractivity contribution in [3.63, 3.8) is 0 Å². The maximum Gasteiger partial charge on any atom is 0.120 e. The topological polar surface area (TPSA) is 56.2 Å². The molecule has 0 amide bonds. The summed E-state index contributed by atoms with van der Waals surface area (Å²) in [5, 5.41) is 19.4. The van der Waals surface area contributed by atoms with Gasteiger partial charge in [-0.1, -0.05) is 0 Å². The van der Waals surface area contributed by atoms with Crippen LogP contribution in [0.5, 0.6) is 11.5 Å². The van der Waals surface area contributed by atoms with Crippen molar-refractivity contribution in [3.05, 3.63) is 23.8 Å². The van der Waals surface area contributed by atoms with Crippen molar-refractivity contribution in [2.24, 2.45) is 0 Å². The fourth-order valence-corrected chi connectivity index (χ4v) is 2.91. The van der Waals surface area contributed by atoms with Gasteiger partial charge in [-0.05, 0) is 51.2 Å². The summed E-state index contributed by atoms with van der Waals surface area (Å²) >= 11 is 0. The zero-order valence-corrected chi connectivity index (χ0v) is 13.0. The third-order valence-electron chi connectivity index (χ3n) is 4.25. The van der Waals surface area contributed by atoms with Crippen LogP contribution in [0.15, 0.2) is 18.2 Å². The predicted octanol–water partition coefficient (Wildman–Crippen LogP) is 1.29. The minimum absolute atomic E-state index is 0.136. The van der Waals surface area contributed by atoms with E-state index < -0.39 is 0 Å². The van der Waals surface area contributed by atoms with E-state index in [9.17, 15) is 10.2 Å². The average Bonchev–Trinajstić information content (AvgIpc) is 2.49. The normalized spacial score (nSPS) is 17.3. The van der Waals surface area contributed by atoms with E-state index in [2.05, 4.69) is 16.8 Å². The molecular weight excluding hydrogens is 268 g/mol. The molecule has 0 aliphatic carbocycles. The Balaban J connectivity index is 2.08. The summed E-state index contributed by atoms with van der Waals surface area (Å²) in [6.07, 6.45) is 2.20. The quantitative estimate of drug-likeness (QED) is 0.828. The highest BCUT2D eigenvalue weighted by Crippen LogP contribution is 2.26. The monoisotopic (exact) mass is 294 g/mol. The minimum Gasteiger partial charge on any atom is -0.508 e. The van der Waals surface area contributed by atoms with Gasteiger partial charge in [0.1, 0.15) is 11.5 Å². The Hall–Kier alpha value is -1.30. The molecule has 2 N–H and O–H groups in total. The second-order valence-corrected chi connectivity index (χ2v) is 5.72. The van der Waals surface area contributed by atoms with Gasteiger partial charge >= 0.3 is 0 Å². The number of rotatable bonds is 6. The van der Waals surface area contributed by atoms with Gasteiger partial charge in [-0.15, -0.1) is 0 Å². The van der Waals surface area contributed by atoms with Gasteiger partial charge in [0.05, 0.1) is 13.7 Å². The molecule has 2 rings (SSSR count). The number of methoxy groups -OCH3 is 1. The van der Waals surface area contributed by atoms with Crippen molar-refractivity contribution in [2.75, 3.05) is 40.4 Å². The molecule has 1 fully saturated rings. The number of phenolic OH excluding ortho intramolecular Hbond substituents is 1. The lowest BCUT2D eigenvalue weighted by molar-refractivity contribution is 0.0934. The van der Waals surface area contributed by atoms with Crippen LogP contribution < -0.4 is 4.74 Å². The second kappa shape index (κ2) is 7.64. The van der Waals surface area contributed by atoms with E-state index in [0.29, 0.717) is 19.1 Å². The molecule has 1 aromatic carbocycles. The number of aliphatic hydroxyl groups excluding tert-OH is 1. The molecule has 5 heteroatoms. The summed E-state index contributed by atoms with van der Waals surface area (Å²) in [5.41, 5.74) is 0.849. The van der Waals surface area contributed by atoms with Crippen molar-refractivity contribution >= 4 is 0 Å². The van der Waals surface area contributed by atoms with Crippen molar-refractivity contribution in [1.82, 2.24) is 9.80 Å². The number of hydrogen-bond donors (Lipinski definition) is 2. The first-order valence-corrected chi connectivity index (χ1v) is 7.53. The summed E-state index contributed by atoms with van der Waals surface area (Å²) in [6.45, 7) is 3.56. The van der Waals surface area contributed by atoms with E-state index in [4.69, 9.17) is 4.74 Å². The molecule has 0 aromatic heterocycles. The molecule has 1 aliphatic rings. The maximum absolute atomic E-state index is 10.0. The molecule has 1 aromatic rings. The molecule has 1 saturated heterocycles. The average molecular weight is 294 g/mol. The van der Waals surface area contributed by atoms with E-state index in [-0.39, 0.29) is 12.4 Å². The number of aromatic hydroxyl groups is 1. The van der Waals surface area contributed by atoms with Gasteiger partial charge in [0.15, 0.2) is 0 Å². The second-order valence-electron chi connectivity index (χ2n) is 5.72. The summed E-state index contributed by atoms with van der Waals surface area (Å²) in [6, 6.07) is 5.75. The highest BCUT2D eigenvalue weighted by atomic mass is 16.5. The standard InChI is InChI=1S/C16H26N2O3/c1-17-7-5-14(6-8-17)18(9-10-19)12-13-11-15(21-2)3-4-16(13)20/h3-4,11,14,19-20H,5-10,12H2,1-2H3. The number of likely N-dealkylation sites (tertiary alicyclic amines) is 1. The number of ether oxygens (including phenoxy) is 1. The fraction of sp³-hybridized carbons (Fsp3) is 0.625. The van der Waals surface area contributed by atoms with Crippen molar-refractivity contribution in [3.8, 4) is 11.5 Å². The van der Waals surface area contributed by atoms with Crippen LogP contribution in [0.3, 0.4) is 0 Å². The van der Waals surface area contributed by atoms with Gasteiger partial charge in [-0.25, -0.2) is 0 Å². The van der Waals surface area contributed by atoms with Crippen LogP contribution in [-0.4, -0.2) is 66.5 Å². The number of aliphatic hydroxyl groups is 1. The Morgan fingerprint density at radius 2 is 2.05 bits per heavy atom. The maximum atomic E-state index is 10.0. The Morgan fingerprint density at radius 3 is 2.67 bits per heavy atom. The van der Waals surface area contributed by atoms with E-state index in [1.54, 1.807) is 19.2 Å². The van der Waals surface area contributed by atoms with E-state index >= 15 is 0 Å². The largest absolute Gasteiger partial charge is 0.508 e. The van der Waals surface area contributed by atoms with Crippen LogP contribution in [0.1, 0.15) is 18.4 Å².